The fourth-order valence-electron chi connectivity index (χ4n) is 3.27. The van der Waals surface area contributed by atoms with Crippen LogP contribution in [0.25, 0.3) is 0 Å². The molecule has 2 nitrogen and oxygen atoms in total. The highest BCUT2D eigenvalue weighted by molar-refractivity contribution is 5.07. The minimum atomic E-state index is -0.357. The molecule has 0 bridgehead atoms. The third-order valence-electron chi connectivity index (χ3n) is 5.14. The van der Waals surface area contributed by atoms with Gasteiger partial charge in [-0.15, -0.1) is 0 Å². The summed E-state index contributed by atoms with van der Waals surface area (Å²) in [4.78, 5) is 0. The first-order valence-corrected chi connectivity index (χ1v) is 10.7. The first kappa shape index (κ1) is 23.9. The van der Waals surface area contributed by atoms with Crippen LogP contribution in [0.5, 0.6) is 0 Å². The molecule has 0 aromatic rings. The number of hydrogen-bond acceptors (Lipinski definition) is 2. The van der Waals surface area contributed by atoms with Crippen molar-refractivity contribution in [1.82, 2.24) is 0 Å². The van der Waals surface area contributed by atoms with Crippen LogP contribution in [0.2, 0.25) is 0 Å². The van der Waals surface area contributed by atoms with Gasteiger partial charge in [-0.2, -0.15) is 0 Å². The maximum absolute atomic E-state index is 5.65. The summed E-state index contributed by atoms with van der Waals surface area (Å²) in [5.41, 5.74) is 5.91. The zero-order chi connectivity index (χ0) is 20.1. The molecule has 0 amide bonds. The lowest BCUT2D eigenvalue weighted by atomic mass is 10.0. The summed E-state index contributed by atoms with van der Waals surface area (Å²) >= 11 is 0. The third-order valence-corrected chi connectivity index (χ3v) is 5.14. The zero-order valence-corrected chi connectivity index (χ0v) is 18.7. The lowest BCUT2D eigenvalue weighted by molar-refractivity contribution is -0.145. The Morgan fingerprint density at radius 1 is 0.667 bits per heavy atom. The molecule has 0 aromatic carbocycles. The second-order valence-electron chi connectivity index (χ2n) is 8.42. The van der Waals surface area contributed by atoms with E-state index in [0.717, 1.165) is 45.3 Å². The van der Waals surface area contributed by atoms with Crippen molar-refractivity contribution in [3.63, 3.8) is 0 Å². The Hall–Kier alpha value is -1.12. The molecule has 0 aromatic heterocycles. The van der Waals surface area contributed by atoms with Gasteiger partial charge in [-0.05, 0) is 86.5 Å². The summed E-state index contributed by atoms with van der Waals surface area (Å²) < 4.78 is 11.3. The second-order valence-corrected chi connectivity index (χ2v) is 8.42. The summed E-state index contributed by atoms with van der Waals surface area (Å²) in [6.45, 7) is 14.6. The maximum atomic E-state index is 5.65. The standard InChI is InChI=1S/C25H42O2/c1-21(2)11-7-12-22(3)13-8-14-23(4)15-9-16-24(5)17-10-18-25(6)26-19-20-27-25/h11,13,15,17H,7-10,12,14,16,18-20H2,1-6H3/b22-13+,23-15+,24-17-. The van der Waals surface area contributed by atoms with Crippen LogP contribution < -0.4 is 0 Å². The van der Waals surface area contributed by atoms with Crippen LogP contribution in [0, 0.1) is 0 Å². The van der Waals surface area contributed by atoms with E-state index in [-0.39, 0.29) is 5.79 Å². The number of hydrogen-bond donors (Lipinski definition) is 0. The van der Waals surface area contributed by atoms with E-state index < -0.39 is 0 Å². The van der Waals surface area contributed by atoms with Crippen molar-refractivity contribution in [1.29, 1.82) is 0 Å². The fraction of sp³-hybridized carbons (Fsp3) is 0.680. The minimum Gasteiger partial charge on any atom is -0.348 e. The predicted octanol–water partition coefficient (Wildman–Crippen LogP) is 7.68. The van der Waals surface area contributed by atoms with Crippen LogP contribution in [0.15, 0.2) is 46.6 Å². The number of allylic oxidation sites excluding steroid dienone is 8. The Kier molecular flexibility index (Phi) is 11.6. The van der Waals surface area contributed by atoms with Crippen molar-refractivity contribution in [3.8, 4) is 0 Å². The average molecular weight is 375 g/mol. The van der Waals surface area contributed by atoms with Gasteiger partial charge < -0.3 is 9.47 Å². The van der Waals surface area contributed by atoms with Crippen molar-refractivity contribution in [3.05, 3.63) is 46.6 Å². The first-order valence-electron chi connectivity index (χ1n) is 10.7. The van der Waals surface area contributed by atoms with E-state index >= 15 is 0 Å². The topological polar surface area (TPSA) is 18.5 Å². The van der Waals surface area contributed by atoms with Gasteiger partial charge >= 0.3 is 0 Å². The average Bonchev–Trinajstić information content (AvgIpc) is 3.01. The maximum Gasteiger partial charge on any atom is 0.166 e. The highest BCUT2D eigenvalue weighted by Gasteiger charge is 2.29. The van der Waals surface area contributed by atoms with Gasteiger partial charge in [-0.25, -0.2) is 0 Å². The SMILES string of the molecule is CC(C)=CCC/C(C)=C/CC/C(C)=C/CC/C(C)=C\CCC1(C)OCCO1. The van der Waals surface area contributed by atoms with Crippen LogP contribution in [-0.4, -0.2) is 19.0 Å². The van der Waals surface area contributed by atoms with E-state index in [1.807, 2.05) is 6.92 Å². The van der Waals surface area contributed by atoms with Gasteiger partial charge in [0.1, 0.15) is 0 Å². The smallest absolute Gasteiger partial charge is 0.166 e. The van der Waals surface area contributed by atoms with Crippen molar-refractivity contribution >= 4 is 0 Å². The molecule has 0 N–H and O–H groups in total. The molecule has 0 aliphatic carbocycles. The van der Waals surface area contributed by atoms with Crippen molar-refractivity contribution in [2.24, 2.45) is 0 Å². The molecule has 0 unspecified atom stereocenters. The van der Waals surface area contributed by atoms with Gasteiger partial charge in [0.05, 0.1) is 13.2 Å². The molecule has 1 saturated heterocycles. The lowest BCUT2D eigenvalue weighted by Gasteiger charge is -2.21. The van der Waals surface area contributed by atoms with Crippen molar-refractivity contribution in [2.75, 3.05) is 13.2 Å². The summed E-state index contributed by atoms with van der Waals surface area (Å²) in [6.07, 6.45) is 18.4. The first-order chi connectivity index (χ1) is 12.8. The van der Waals surface area contributed by atoms with Crippen LogP contribution in [0.4, 0.5) is 0 Å². The summed E-state index contributed by atoms with van der Waals surface area (Å²) in [7, 11) is 0. The number of ether oxygens (including phenoxy) is 2. The Balaban J connectivity index is 2.19. The van der Waals surface area contributed by atoms with E-state index in [9.17, 15) is 0 Å². The second kappa shape index (κ2) is 13.1. The molecule has 1 fully saturated rings. The Morgan fingerprint density at radius 2 is 1.07 bits per heavy atom. The van der Waals surface area contributed by atoms with E-state index in [4.69, 9.17) is 9.47 Å². The molecule has 1 rings (SSSR count). The highest BCUT2D eigenvalue weighted by Crippen LogP contribution is 2.24. The molecule has 154 valence electrons. The van der Waals surface area contributed by atoms with Gasteiger partial charge in [-0.3, -0.25) is 0 Å². The summed E-state index contributed by atoms with van der Waals surface area (Å²) in [5, 5.41) is 0. The monoisotopic (exact) mass is 374 g/mol. The minimum absolute atomic E-state index is 0.357. The molecule has 27 heavy (non-hydrogen) atoms. The highest BCUT2D eigenvalue weighted by atomic mass is 16.7. The third kappa shape index (κ3) is 12.0. The van der Waals surface area contributed by atoms with E-state index in [1.165, 1.54) is 41.6 Å². The van der Waals surface area contributed by atoms with Crippen LogP contribution in [0.3, 0.4) is 0 Å². The fourth-order valence-corrected chi connectivity index (χ4v) is 3.27. The molecule has 1 aliphatic heterocycles. The molecule has 1 aliphatic rings. The normalized spacial score (nSPS) is 18.1. The van der Waals surface area contributed by atoms with Crippen molar-refractivity contribution in [2.45, 2.75) is 98.7 Å². The van der Waals surface area contributed by atoms with Crippen LogP contribution >= 0.6 is 0 Å². The Bertz CT molecular complexity index is 539. The molecule has 0 atom stereocenters. The Labute approximate surface area is 168 Å². The molecular weight excluding hydrogens is 332 g/mol. The quantitative estimate of drug-likeness (QED) is 0.326. The molecule has 0 saturated carbocycles. The summed E-state index contributed by atoms with van der Waals surface area (Å²) in [6, 6.07) is 0. The van der Waals surface area contributed by atoms with Crippen LogP contribution in [-0.2, 0) is 9.47 Å². The molecule has 0 spiro atoms. The van der Waals surface area contributed by atoms with E-state index in [1.54, 1.807) is 0 Å². The van der Waals surface area contributed by atoms with Gasteiger partial charge in [0.2, 0.25) is 0 Å². The molecule has 0 radical (unpaired) electrons. The Morgan fingerprint density at radius 3 is 1.52 bits per heavy atom. The van der Waals surface area contributed by atoms with Gasteiger partial charge in [0.25, 0.3) is 0 Å². The van der Waals surface area contributed by atoms with Gasteiger partial charge in [-0.1, -0.05) is 46.6 Å². The zero-order valence-electron chi connectivity index (χ0n) is 18.7. The largest absolute Gasteiger partial charge is 0.348 e. The van der Waals surface area contributed by atoms with Crippen molar-refractivity contribution < 1.29 is 9.47 Å². The lowest BCUT2D eigenvalue weighted by Crippen LogP contribution is -2.24. The van der Waals surface area contributed by atoms with E-state index in [0.29, 0.717) is 0 Å². The molecular formula is C25H42O2. The molecule has 2 heteroatoms. The summed E-state index contributed by atoms with van der Waals surface area (Å²) in [5.74, 6) is -0.357. The van der Waals surface area contributed by atoms with Gasteiger partial charge in [0, 0.05) is 6.42 Å². The van der Waals surface area contributed by atoms with Crippen LogP contribution in [0.1, 0.15) is 92.9 Å². The number of rotatable bonds is 12. The van der Waals surface area contributed by atoms with Gasteiger partial charge in [0.15, 0.2) is 5.79 Å². The van der Waals surface area contributed by atoms with E-state index in [2.05, 4.69) is 58.9 Å². The predicted molar refractivity (Wildman–Crippen MR) is 118 cm³/mol. The molecule has 1 heterocycles.